The maximum absolute atomic E-state index is 12.0. The SMILES string of the molecule is N#Cc1ccc(NC(=O)C(F)(F)F)c([N+](=O)[O-])c1. The van der Waals surface area contributed by atoms with Gasteiger partial charge in [0.2, 0.25) is 0 Å². The van der Waals surface area contributed by atoms with Crippen LogP contribution in [0, 0.1) is 21.4 Å². The first-order valence-corrected chi connectivity index (χ1v) is 4.32. The summed E-state index contributed by atoms with van der Waals surface area (Å²) >= 11 is 0. The Bertz CT molecular complexity index is 548. The lowest BCUT2D eigenvalue weighted by Gasteiger charge is -2.08. The zero-order chi connectivity index (χ0) is 13.9. The van der Waals surface area contributed by atoms with Crippen molar-refractivity contribution in [3.05, 3.63) is 33.9 Å². The van der Waals surface area contributed by atoms with Crippen LogP contribution in [0.5, 0.6) is 0 Å². The van der Waals surface area contributed by atoms with Crippen molar-refractivity contribution in [3.63, 3.8) is 0 Å². The number of halogens is 3. The number of carbonyl (C=O) groups excluding carboxylic acids is 1. The van der Waals surface area contributed by atoms with Gasteiger partial charge in [0.15, 0.2) is 0 Å². The Labute approximate surface area is 97.8 Å². The molecule has 0 fully saturated rings. The van der Waals surface area contributed by atoms with Crippen LogP contribution in [0.25, 0.3) is 0 Å². The van der Waals surface area contributed by atoms with E-state index in [1.54, 1.807) is 6.07 Å². The van der Waals surface area contributed by atoms with Crippen molar-refractivity contribution in [2.75, 3.05) is 5.32 Å². The van der Waals surface area contributed by atoms with Gasteiger partial charge >= 0.3 is 12.1 Å². The lowest BCUT2D eigenvalue weighted by molar-refractivity contribution is -0.384. The summed E-state index contributed by atoms with van der Waals surface area (Å²) in [5, 5.41) is 20.5. The molecule has 0 aromatic heterocycles. The van der Waals surface area contributed by atoms with Gasteiger partial charge < -0.3 is 5.32 Å². The Kier molecular flexibility index (Phi) is 3.51. The standard InChI is InChI=1S/C9H4F3N3O3/c10-9(11,12)8(16)14-6-2-1-5(4-13)3-7(6)15(17)18/h1-3H,(H,14,16). The average Bonchev–Trinajstić information content (AvgIpc) is 2.27. The fourth-order valence-electron chi connectivity index (χ4n) is 1.05. The van der Waals surface area contributed by atoms with Gasteiger partial charge in [-0.1, -0.05) is 0 Å². The van der Waals surface area contributed by atoms with Gasteiger partial charge in [0.1, 0.15) is 5.69 Å². The molecule has 6 nitrogen and oxygen atoms in total. The van der Waals surface area contributed by atoms with Crippen molar-refractivity contribution in [1.29, 1.82) is 5.26 Å². The lowest BCUT2D eigenvalue weighted by Crippen LogP contribution is -2.30. The molecule has 0 aliphatic heterocycles. The van der Waals surface area contributed by atoms with Crippen molar-refractivity contribution >= 4 is 17.3 Å². The largest absolute Gasteiger partial charge is 0.471 e. The predicted molar refractivity (Wildman–Crippen MR) is 52.5 cm³/mol. The summed E-state index contributed by atoms with van der Waals surface area (Å²) in [6, 6.07) is 4.28. The molecule has 1 aromatic carbocycles. The van der Waals surface area contributed by atoms with Gasteiger partial charge in [0.25, 0.3) is 5.69 Å². The summed E-state index contributed by atoms with van der Waals surface area (Å²) in [5.41, 5.74) is -1.51. The molecule has 0 aliphatic rings. The fourth-order valence-corrected chi connectivity index (χ4v) is 1.05. The molecular weight excluding hydrogens is 255 g/mol. The number of nitro benzene ring substituents is 1. The lowest BCUT2D eigenvalue weighted by atomic mass is 10.2. The molecule has 0 spiro atoms. The maximum Gasteiger partial charge on any atom is 0.471 e. The predicted octanol–water partition coefficient (Wildman–Crippen LogP) is 1.97. The third-order valence-corrected chi connectivity index (χ3v) is 1.83. The molecular formula is C9H4F3N3O3. The number of nitrogens with zero attached hydrogens (tertiary/aromatic N) is 2. The van der Waals surface area contributed by atoms with Gasteiger partial charge in [-0.15, -0.1) is 0 Å². The van der Waals surface area contributed by atoms with Crippen LogP contribution in [0.2, 0.25) is 0 Å². The first-order chi connectivity index (χ1) is 8.25. The van der Waals surface area contributed by atoms with E-state index in [1.807, 2.05) is 0 Å². The van der Waals surface area contributed by atoms with Crippen LogP contribution in [0.1, 0.15) is 5.56 Å². The van der Waals surface area contributed by atoms with Crippen molar-refractivity contribution < 1.29 is 22.9 Å². The Morgan fingerprint density at radius 1 is 1.44 bits per heavy atom. The van der Waals surface area contributed by atoms with Crippen molar-refractivity contribution in [3.8, 4) is 6.07 Å². The van der Waals surface area contributed by atoms with E-state index >= 15 is 0 Å². The van der Waals surface area contributed by atoms with E-state index in [0.717, 1.165) is 18.2 Å². The van der Waals surface area contributed by atoms with E-state index in [4.69, 9.17) is 5.26 Å². The Hall–Kier alpha value is -2.63. The highest BCUT2D eigenvalue weighted by Crippen LogP contribution is 2.27. The van der Waals surface area contributed by atoms with Gasteiger partial charge in [0.05, 0.1) is 16.6 Å². The van der Waals surface area contributed by atoms with Gasteiger partial charge in [-0.05, 0) is 12.1 Å². The van der Waals surface area contributed by atoms with Crippen LogP contribution in [0.3, 0.4) is 0 Å². The molecule has 0 saturated carbocycles. The number of anilines is 1. The zero-order valence-corrected chi connectivity index (χ0v) is 8.49. The molecule has 1 N–H and O–H groups in total. The molecule has 1 amide bonds. The first-order valence-electron chi connectivity index (χ1n) is 4.32. The van der Waals surface area contributed by atoms with Crippen LogP contribution in [-0.4, -0.2) is 17.0 Å². The number of rotatable bonds is 2. The highest BCUT2D eigenvalue weighted by atomic mass is 19.4. The van der Waals surface area contributed by atoms with E-state index in [2.05, 4.69) is 0 Å². The smallest absolute Gasteiger partial charge is 0.312 e. The number of hydrogen-bond donors (Lipinski definition) is 1. The van der Waals surface area contributed by atoms with Crippen LogP contribution >= 0.6 is 0 Å². The summed E-state index contributed by atoms with van der Waals surface area (Å²) in [7, 11) is 0. The molecule has 0 heterocycles. The van der Waals surface area contributed by atoms with Crippen LogP contribution in [0.4, 0.5) is 24.5 Å². The van der Waals surface area contributed by atoms with Crippen LogP contribution in [-0.2, 0) is 4.79 Å². The number of alkyl halides is 3. The number of carbonyl (C=O) groups is 1. The second-order valence-electron chi connectivity index (χ2n) is 3.05. The van der Waals surface area contributed by atoms with Gasteiger partial charge in [-0.25, -0.2) is 0 Å². The molecule has 1 rings (SSSR count). The van der Waals surface area contributed by atoms with Crippen LogP contribution in [0.15, 0.2) is 18.2 Å². The van der Waals surface area contributed by atoms with Crippen molar-refractivity contribution in [2.24, 2.45) is 0 Å². The minimum atomic E-state index is -5.15. The van der Waals surface area contributed by atoms with Crippen molar-refractivity contribution in [1.82, 2.24) is 0 Å². The first kappa shape index (κ1) is 13.4. The van der Waals surface area contributed by atoms with E-state index in [-0.39, 0.29) is 5.56 Å². The number of nitriles is 1. The topological polar surface area (TPSA) is 96.0 Å². The van der Waals surface area contributed by atoms with E-state index in [9.17, 15) is 28.1 Å². The zero-order valence-electron chi connectivity index (χ0n) is 8.49. The van der Waals surface area contributed by atoms with Crippen molar-refractivity contribution in [2.45, 2.75) is 6.18 Å². The number of nitro groups is 1. The maximum atomic E-state index is 12.0. The molecule has 0 unspecified atom stereocenters. The van der Waals surface area contributed by atoms with E-state index in [0.29, 0.717) is 0 Å². The summed E-state index contributed by atoms with van der Waals surface area (Å²) in [4.78, 5) is 20.2. The Balaban J connectivity index is 3.14. The Morgan fingerprint density at radius 2 is 2.06 bits per heavy atom. The number of benzene rings is 1. The minimum absolute atomic E-state index is 0.105. The van der Waals surface area contributed by atoms with E-state index in [1.165, 1.54) is 5.32 Å². The molecule has 0 aliphatic carbocycles. The van der Waals surface area contributed by atoms with Gasteiger partial charge in [-0.3, -0.25) is 14.9 Å². The molecule has 1 aromatic rings. The highest BCUT2D eigenvalue weighted by molar-refractivity contribution is 5.96. The van der Waals surface area contributed by atoms with Gasteiger partial charge in [-0.2, -0.15) is 18.4 Å². The Morgan fingerprint density at radius 3 is 2.50 bits per heavy atom. The summed E-state index contributed by atoms with van der Waals surface area (Å²) < 4.78 is 35.9. The normalized spacial score (nSPS) is 10.6. The third kappa shape index (κ3) is 2.94. The summed E-state index contributed by atoms with van der Waals surface area (Å²) in [6.07, 6.45) is -5.15. The number of hydrogen-bond acceptors (Lipinski definition) is 4. The second kappa shape index (κ2) is 4.70. The molecule has 0 radical (unpaired) electrons. The average molecular weight is 259 g/mol. The quantitative estimate of drug-likeness (QED) is 0.648. The van der Waals surface area contributed by atoms with Crippen LogP contribution < -0.4 is 5.32 Å². The van der Waals surface area contributed by atoms with E-state index < -0.39 is 28.4 Å². The molecule has 0 atom stereocenters. The molecule has 9 heteroatoms. The number of amides is 1. The summed E-state index contributed by atoms with van der Waals surface area (Å²) in [5.74, 6) is -2.32. The second-order valence-corrected chi connectivity index (χ2v) is 3.05. The molecule has 0 bridgehead atoms. The highest BCUT2D eigenvalue weighted by Gasteiger charge is 2.39. The monoisotopic (exact) mass is 259 g/mol. The third-order valence-electron chi connectivity index (χ3n) is 1.83. The summed E-state index contributed by atoms with van der Waals surface area (Å²) in [6.45, 7) is 0. The molecule has 18 heavy (non-hydrogen) atoms. The molecule has 94 valence electrons. The fraction of sp³-hybridized carbons (Fsp3) is 0.111. The van der Waals surface area contributed by atoms with Gasteiger partial charge in [0, 0.05) is 6.07 Å². The number of nitrogens with one attached hydrogen (secondary N) is 1. The minimum Gasteiger partial charge on any atom is -0.312 e. The molecule has 0 saturated heterocycles.